The van der Waals surface area contributed by atoms with Crippen LogP contribution in [0.15, 0.2) is 18.6 Å². The van der Waals surface area contributed by atoms with Gasteiger partial charge in [0.05, 0.1) is 18.7 Å². The Morgan fingerprint density at radius 1 is 1.18 bits per heavy atom. The molecule has 0 saturated carbocycles. The molecule has 0 radical (unpaired) electrons. The summed E-state index contributed by atoms with van der Waals surface area (Å²) >= 11 is 7.27. The van der Waals surface area contributed by atoms with Gasteiger partial charge in [0.25, 0.3) is 11.8 Å². The molecule has 13 heteroatoms. The molecule has 1 aliphatic heterocycles. The van der Waals surface area contributed by atoms with Crippen LogP contribution < -0.4 is 16.0 Å². The molecule has 0 aromatic carbocycles. The number of aromatic nitrogens is 5. The van der Waals surface area contributed by atoms with E-state index in [0.717, 1.165) is 16.9 Å². The summed E-state index contributed by atoms with van der Waals surface area (Å²) in [6.45, 7) is 7.69. The molecule has 176 valence electrons. The zero-order chi connectivity index (χ0) is 24.6. The fourth-order valence-corrected chi connectivity index (χ4v) is 4.47. The second kappa shape index (κ2) is 9.03. The van der Waals surface area contributed by atoms with Crippen molar-refractivity contribution in [3.63, 3.8) is 0 Å². The van der Waals surface area contributed by atoms with Crippen molar-refractivity contribution in [3.05, 3.63) is 50.4 Å². The molecule has 0 aliphatic carbocycles. The number of anilines is 2. The second-order valence-electron chi connectivity index (χ2n) is 8.67. The molecule has 0 bridgehead atoms. The van der Waals surface area contributed by atoms with E-state index in [1.54, 1.807) is 13.0 Å². The molecule has 11 nitrogen and oxygen atoms in total. The first-order valence-corrected chi connectivity index (χ1v) is 11.5. The number of amides is 3. The first-order chi connectivity index (χ1) is 16.0. The van der Waals surface area contributed by atoms with Crippen LogP contribution in [0.4, 0.5) is 11.6 Å². The van der Waals surface area contributed by atoms with Crippen LogP contribution in [0.25, 0.3) is 0 Å². The Balaban J connectivity index is 1.44. The largest absolute Gasteiger partial charge is 0.342 e. The van der Waals surface area contributed by atoms with Gasteiger partial charge in [0.1, 0.15) is 27.7 Å². The number of hydrogen-bond donors (Lipinski definition) is 3. The van der Waals surface area contributed by atoms with Crippen molar-refractivity contribution in [2.45, 2.75) is 45.6 Å². The molecule has 0 spiro atoms. The van der Waals surface area contributed by atoms with E-state index in [9.17, 15) is 14.4 Å². The van der Waals surface area contributed by atoms with Crippen LogP contribution in [0, 0.1) is 0 Å². The van der Waals surface area contributed by atoms with Gasteiger partial charge in [-0.2, -0.15) is 0 Å². The average Bonchev–Trinajstić information content (AvgIpc) is 3.40. The van der Waals surface area contributed by atoms with Crippen molar-refractivity contribution < 1.29 is 14.4 Å². The fourth-order valence-electron chi connectivity index (χ4n) is 3.28. The molecule has 3 aromatic heterocycles. The van der Waals surface area contributed by atoms with Gasteiger partial charge in [-0.1, -0.05) is 32.4 Å². The summed E-state index contributed by atoms with van der Waals surface area (Å²) in [5.41, 5.74) is 1.06. The highest BCUT2D eigenvalue weighted by Crippen LogP contribution is 2.29. The number of thiazole rings is 1. The van der Waals surface area contributed by atoms with Crippen molar-refractivity contribution in [2.75, 3.05) is 10.6 Å². The maximum atomic E-state index is 12.7. The topological polar surface area (TPSA) is 152 Å². The van der Waals surface area contributed by atoms with Crippen LogP contribution in [-0.4, -0.2) is 42.9 Å². The molecule has 3 amide bonds. The average molecular weight is 501 g/mol. The fraction of sp³-hybridized carbons (Fsp3) is 0.333. The first-order valence-electron chi connectivity index (χ1n) is 10.3. The number of hydrogen-bond acceptors (Lipinski definition) is 9. The van der Waals surface area contributed by atoms with Gasteiger partial charge in [-0.05, 0) is 18.4 Å². The molecule has 3 aromatic rings. The van der Waals surface area contributed by atoms with Gasteiger partial charge in [-0.25, -0.2) is 15.0 Å². The molecule has 1 unspecified atom stereocenters. The van der Waals surface area contributed by atoms with E-state index in [0.29, 0.717) is 21.3 Å². The minimum Gasteiger partial charge on any atom is -0.342 e. The maximum Gasteiger partial charge on any atom is 0.270 e. The smallest absolute Gasteiger partial charge is 0.270 e. The summed E-state index contributed by atoms with van der Waals surface area (Å²) in [7, 11) is 0. The monoisotopic (exact) mass is 500 g/mol. The number of rotatable bonds is 5. The highest BCUT2D eigenvalue weighted by molar-refractivity contribution is 7.13. The van der Waals surface area contributed by atoms with E-state index < -0.39 is 17.9 Å². The Bertz CT molecular complexity index is 1300. The molecule has 1 aliphatic rings. The Labute approximate surface area is 203 Å². The molecule has 1 atom stereocenters. The normalized spacial score (nSPS) is 13.7. The van der Waals surface area contributed by atoms with Crippen LogP contribution in [0.3, 0.4) is 0 Å². The molecular formula is C21H21ClN8O3S. The third-order valence-corrected chi connectivity index (χ3v) is 6.48. The van der Waals surface area contributed by atoms with Crippen molar-refractivity contribution in [2.24, 2.45) is 0 Å². The number of nitrogens with zero attached hydrogens (tertiary/aromatic N) is 5. The summed E-state index contributed by atoms with van der Waals surface area (Å²) in [6, 6.07) is 1.19. The summed E-state index contributed by atoms with van der Waals surface area (Å²) in [5.74, 6) is -0.498. The van der Waals surface area contributed by atoms with Gasteiger partial charge < -0.3 is 16.0 Å². The van der Waals surface area contributed by atoms with Crippen LogP contribution in [0.5, 0.6) is 0 Å². The summed E-state index contributed by atoms with van der Waals surface area (Å²) in [5, 5.41) is 16.8. The standard InChI is InChI=1S/C21H21ClN8O3S/c1-9(26-19(33)15-10-5-14(31)28-17(10)25-8-24-15)20-23-7-12(34-20)18(32)27-13-6-11(21(2,3)4)16(22)30-29-13/h6-9H,5H2,1-4H3,(H,26,33)(H,27,29,32)(H,24,25,28,31). The predicted molar refractivity (Wildman–Crippen MR) is 126 cm³/mol. The van der Waals surface area contributed by atoms with Crippen LogP contribution in [0.1, 0.15) is 70.0 Å². The highest BCUT2D eigenvalue weighted by atomic mass is 35.5. The summed E-state index contributed by atoms with van der Waals surface area (Å²) in [6.07, 6.45) is 2.69. The third kappa shape index (κ3) is 4.87. The minimum absolute atomic E-state index is 0.0411. The maximum absolute atomic E-state index is 12.7. The first kappa shape index (κ1) is 23.6. The second-order valence-corrected chi connectivity index (χ2v) is 10.1. The van der Waals surface area contributed by atoms with Gasteiger partial charge >= 0.3 is 0 Å². The van der Waals surface area contributed by atoms with E-state index >= 15 is 0 Å². The molecule has 0 saturated heterocycles. The molecular weight excluding hydrogens is 480 g/mol. The van der Waals surface area contributed by atoms with Crippen LogP contribution in [0.2, 0.25) is 5.15 Å². The minimum atomic E-state index is -0.502. The van der Waals surface area contributed by atoms with Gasteiger partial charge in [-0.15, -0.1) is 21.5 Å². The van der Waals surface area contributed by atoms with Crippen molar-refractivity contribution in [1.82, 2.24) is 30.5 Å². The SMILES string of the molecule is CC(NC(=O)c1ncnc2c1CC(=O)N2)c1ncc(C(=O)Nc2cc(C(C)(C)C)c(Cl)nn2)s1. The zero-order valence-corrected chi connectivity index (χ0v) is 20.3. The lowest BCUT2D eigenvalue weighted by Crippen LogP contribution is -2.28. The third-order valence-electron chi connectivity index (χ3n) is 5.02. The quantitative estimate of drug-likeness (QED) is 0.483. The van der Waals surface area contributed by atoms with Crippen molar-refractivity contribution in [1.29, 1.82) is 0 Å². The lowest BCUT2D eigenvalue weighted by Gasteiger charge is -2.20. The predicted octanol–water partition coefficient (Wildman–Crippen LogP) is 2.91. The van der Waals surface area contributed by atoms with Crippen LogP contribution in [-0.2, 0) is 16.6 Å². The Kier molecular flexibility index (Phi) is 6.28. The van der Waals surface area contributed by atoms with E-state index in [1.807, 2.05) is 20.8 Å². The van der Waals surface area contributed by atoms with E-state index in [4.69, 9.17) is 11.6 Å². The molecule has 0 fully saturated rings. The van der Waals surface area contributed by atoms with Gasteiger partial charge in [0.2, 0.25) is 5.91 Å². The van der Waals surface area contributed by atoms with Gasteiger partial charge in [0, 0.05) is 11.1 Å². The van der Waals surface area contributed by atoms with Crippen molar-refractivity contribution in [3.8, 4) is 0 Å². The summed E-state index contributed by atoms with van der Waals surface area (Å²) in [4.78, 5) is 49.7. The highest BCUT2D eigenvalue weighted by Gasteiger charge is 2.27. The Morgan fingerprint density at radius 2 is 1.94 bits per heavy atom. The number of carbonyl (C=O) groups excluding carboxylic acids is 3. The molecule has 4 rings (SSSR count). The van der Waals surface area contributed by atoms with Crippen molar-refractivity contribution >= 4 is 52.3 Å². The number of fused-ring (bicyclic) bond motifs is 1. The van der Waals surface area contributed by atoms with E-state index in [-0.39, 0.29) is 34.4 Å². The van der Waals surface area contributed by atoms with Gasteiger partial charge in [-0.3, -0.25) is 14.4 Å². The van der Waals surface area contributed by atoms with E-state index in [2.05, 4.69) is 41.1 Å². The zero-order valence-electron chi connectivity index (χ0n) is 18.8. The lowest BCUT2D eigenvalue weighted by atomic mass is 9.88. The molecule has 3 N–H and O–H groups in total. The van der Waals surface area contributed by atoms with Crippen LogP contribution >= 0.6 is 22.9 Å². The Morgan fingerprint density at radius 3 is 2.68 bits per heavy atom. The number of halogens is 1. The summed E-state index contributed by atoms with van der Waals surface area (Å²) < 4.78 is 0. The Hall–Kier alpha value is -3.51. The molecule has 34 heavy (non-hydrogen) atoms. The number of nitrogens with one attached hydrogen (secondary N) is 3. The lowest BCUT2D eigenvalue weighted by molar-refractivity contribution is -0.115. The van der Waals surface area contributed by atoms with E-state index in [1.165, 1.54) is 12.5 Å². The molecule has 4 heterocycles. The number of carbonyl (C=O) groups is 3. The van der Waals surface area contributed by atoms with Gasteiger partial charge in [0.15, 0.2) is 11.0 Å².